The van der Waals surface area contributed by atoms with Crippen LogP contribution in [-0.2, 0) is 10.8 Å². The molecule has 1 atom stereocenters. The number of para-hydroxylation sites is 2. The van der Waals surface area contributed by atoms with E-state index in [4.69, 9.17) is 0 Å². The molecule has 8 heteroatoms. The summed E-state index contributed by atoms with van der Waals surface area (Å²) in [6.07, 6.45) is 0. The minimum absolute atomic E-state index is 0.0132. The third kappa shape index (κ3) is 4.99. The summed E-state index contributed by atoms with van der Waals surface area (Å²) < 4.78 is 13.5. The smallest absolute Gasteiger partial charge is 0.339 e. The Labute approximate surface area is 210 Å². The first kappa shape index (κ1) is 24.7. The Bertz CT molecular complexity index is 1490. The van der Waals surface area contributed by atoms with E-state index in [1.54, 1.807) is 54.6 Å². The van der Waals surface area contributed by atoms with Crippen LogP contribution in [0.25, 0.3) is 0 Å². The summed E-state index contributed by atoms with van der Waals surface area (Å²) >= 11 is 0. The van der Waals surface area contributed by atoms with Crippen LogP contribution in [0, 0.1) is 13.8 Å². The summed E-state index contributed by atoms with van der Waals surface area (Å²) in [5, 5.41) is 26.7. The zero-order valence-electron chi connectivity index (χ0n) is 19.6. The van der Waals surface area contributed by atoms with Crippen LogP contribution in [0.4, 0.5) is 22.7 Å². The fourth-order valence-corrected chi connectivity index (χ4v) is 5.06. The van der Waals surface area contributed by atoms with Gasteiger partial charge in [0.05, 0.1) is 32.6 Å². The molecule has 0 bridgehead atoms. The molecule has 0 saturated carbocycles. The predicted octanol–water partition coefficient (Wildman–Crippen LogP) is 6.35. The summed E-state index contributed by atoms with van der Waals surface area (Å²) in [4.78, 5) is 25.3. The van der Waals surface area contributed by atoms with Crippen LogP contribution in [0.1, 0.15) is 31.8 Å². The molecule has 182 valence electrons. The number of carbonyl (C=O) groups is 2. The number of aryl methyl sites for hydroxylation is 2. The van der Waals surface area contributed by atoms with Gasteiger partial charge in [-0.3, -0.25) is 0 Å². The molecule has 0 aliphatic heterocycles. The highest BCUT2D eigenvalue weighted by Gasteiger charge is 2.29. The minimum Gasteiger partial charge on any atom is -0.478 e. The van der Waals surface area contributed by atoms with Crippen LogP contribution in [0.5, 0.6) is 0 Å². The van der Waals surface area contributed by atoms with Crippen molar-refractivity contribution in [3.63, 3.8) is 0 Å². The summed E-state index contributed by atoms with van der Waals surface area (Å²) in [5.74, 6) is -2.63. The normalized spacial score (nSPS) is 11.5. The Kier molecular flexibility index (Phi) is 7.17. The van der Waals surface area contributed by atoms with E-state index in [1.807, 2.05) is 38.1 Å². The van der Waals surface area contributed by atoms with Crippen molar-refractivity contribution in [2.24, 2.45) is 0 Å². The van der Waals surface area contributed by atoms with Gasteiger partial charge in [0.1, 0.15) is 5.56 Å². The predicted molar refractivity (Wildman–Crippen MR) is 140 cm³/mol. The van der Waals surface area contributed by atoms with Gasteiger partial charge in [0, 0.05) is 16.3 Å². The lowest BCUT2D eigenvalue weighted by molar-refractivity contribution is 0.0679. The number of carboxylic acid groups (broad SMARTS) is 2. The molecule has 36 heavy (non-hydrogen) atoms. The highest BCUT2D eigenvalue weighted by Crippen LogP contribution is 2.40. The first-order chi connectivity index (χ1) is 17.3. The molecule has 4 rings (SSSR count). The number of benzene rings is 4. The van der Waals surface area contributed by atoms with E-state index in [0.717, 1.165) is 11.1 Å². The third-order valence-electron chi connectivity index (χ3n) is 5.70. The maximum atomic E-state index is 13.5. The van der Waals surface area contributed by atoms with Crippen molar-refractivity contribution in [3.05, 3.63) is 107 Å². The van der Waals surface area contributed by atoms with Crippen molar-refractivity contribution >= 4 is 45.5 Å². The molecule has 0 spiro atoms. The first-order valence-electron chi connectivity index (χ1n) is 11.1. The van der Waals surface area contributed by atoms with Gasteiger partial charge in [-0.25, -0.2) is 13.8 Å². The summed E-state index contributed by atoms with van der Waals surface area (Å²) in [7, 11) is -1.95. The zero-order valence-corrected chi connectivity index (χ0v) is 20.4. The van der Waals surface area contributed by atoms with E-state index in [1.165, 1.54) is 6.07 Å². The van der Waals surface area contributed by atoms with Crippen LogP contribution in [0.15, 0.2) is 94.7 Å². The lowest BCUT2D eigenvalue weighted by Gasteiger charge is -2.22. The first-order valence-corrected chi connectivity index (χ1v) is 12.2. The molecule has 0 fully saturated rings. The van der Waals surface area contributed by atoms with E-state index < -0.39 is 22.7 Å². The van der Waals surface area contributed by atoms with Gasteiger partial charge < -0.3 is 20.8 Å². The van der Waals surface area contributed by atoms with Crippen LogP contribution in [0.3, 0.4) is 0 Å². The third-order valence-corrected chi connectivity index (χ3v) is 7.12. The number of aromatic carboxylic acids is 2. The Morgan fingerprint density at radius 2 is 1.19 bits per heavy atom. The maximum absolute atomic E-state index is 13.5. The molecule has 0 aliphatic rings. The van der Waals surface area contributed by atoms with Gasteiger partial charge in [0.15, 0.2) is 0 Å². The molecule has 0 heterocycles. The number of rotatable bonds is 8. The second kappa shape index (κ2) is 10.5. The van der Waals surface area contributed by atoms with E-state index in [2.05, 4.69) is 10.6 Å². The van der Waals surface area contributed by atoms with E-state index >= 15 is 0 Å². The zero-order chi connectivity index (χ0) is 25.8. The van der Waals surface area contributed by atoms with E-state index in [-0.39, 0.29) is 27.4 Å². The van der Waals surface area contributed by atoms with Crippen LogP contribution in [0.2, 0.25) is 0 Å². The molecular formula is C28H24N2O5S. The molecule has 4 N–H and O–H groups in total. The van der Waals surface area contributed by atoms with Gasteiger partial charge in [-0.05, 0) is 55.3 Å². The van der Waals surface area contributed by atoms with E-state index in [9.17, 15) is 24.0 Å². The Balaban J connectivity index is 2.05. The van der Waals surface area contributed by atoms with Crippen molar-refractivity contribution < 1.29 is 24.0 Å². The molecule has 0 aliphatic carbocycles. The summed E-state index contributed by atoms with van der Waals surface area (Å²) in [6.45, 7) is 3.70. The number of hydrogen-bond donors (Lipinski definition) is 4. The highest BCUT2D eigenvalue weighted by atomic mass is 32.2. The Hall–Kier alpha value is -4.43. The number of carboxylic acids is 2. The van der Waals surface area contributed by atoms with Crippen LogP contribution in [-0.4, -0.2) is 26.4 Å². The topological polar surface area (TPSA) is 116 Å². The number of hydrogen-bond acceptors (Lipinski definition) is 5. The second-order valence-electron chi connectivity index (χ2n) is 8.12. The Morgan fingerprint density at radius 3 is 1.69 bits per heavy atom. The van der Waals surface area contributed by atoms with Crippen molar-refractivity contribution in [1.82, 2.24) is 0 Å². The molecule has 0 radical (unpaired) electrons. The van der Waals surface area contributed by atoms with Crippen molar-refractivity contribution in [2.45, 2.75) is 23.6 Å². The SMILES string of the molecule is Cc1ccccc1Nc1c(C(=O)O)cc(S(=O)c2ccccc2)c(C(=O)O)c1Nc1ccccc1C. The molecule has 0 saturated heterocycles. The van der Waals surface area contributed by atoms with Gasteiger partial charge >= 0.3 is 11.9 Å². The van der Waals surface area contributed by atoms with Gasteiger partial charge in [-0.1, -0.05) is 54.6 Å². The quantitative estimate of drug-likeness (QED) is 0.223. The Morgan fingerprint density at radius 1 is 0.694 bits per heavy atom. The largest absolute Gasteiger partial charge is 0.478 e. The van der Waals surface area contributed by atoms with Gasteiger partial charge in [0.2, 0.25) is 0 Å². The molecule has 0 aromatic heterocycles. The lowest BCUT2D eigenvalue weighted by atomic mass is 10.0. The van der Waals surface area contributed by atoms with Crippen molar-refractivity contribution in [3.8, 4) is 0 Å². The van der Waals surface area contributed by atoms with E-state index in [0.29, 0.717) is 16.3 Å². The molecule has 7 nitrogen and oxygen atoms in total. The second-order valence-corrected chi connectivity index (χ2v) is 9.57. The summed E-state index contributed by atoms with van der Waals surface area (Å²) in [5.41, 5.74) is 2.45. The molecule has 0 amide bonds. The monoisotopic (exact) mass is 500 g/mol. The van der Waals surface area contributed by atoms with Crippen molar-refractivity contribution in [1.29, 1.82) is 0 Å². The fourth-order valence-electron chi connectivity index (χ4n) is 3.81. The molecular weight excluding hydrogens is 476 g/mol. The standard InChI is InChI=1S/C28H24N2O5S/c1-17-10-6-8-14-21(17)29-25-20(27(31)32)16-23(36(35)19-12-4-3-5-13-19)24(28(33)34)26(25)30-22-15-9-7-11-18(22)2/h3-16,29-30H,1-2H3,(H,31,32)(H,33,34). The minimum atomic E-state index is -1.95. The lowest BCUT2D eigenvalue weighted by Crippen LogP contribution is -2.15. The van der Waals surface area contributed by atoms with Gasteiger partial charge in [-0.2, -0.15) is 0 Å². The number of anilines is 4. The average molecular weight is 501 g/mol. The molecule has 1 unspecified atom stereocenters. The average Bonchev–Trinajstić information content (AvgIpc) is 2.87. The van der Waals surface area contributed by atoms with Gasteiger partial charge in [-0.15, -0.1) is 0 Å². The van der Waals surface area contributed by atoms with Gasteiger partial charge in [0.25, 0.3) is 0 Å². The molecule has 4 aromatic carbocycles. The number of nitrogens with one attached hydrogen (secondary N) is 2. The maximum Gasteiger partial charge on any atom is 0.339 e. The highest BCUT2D eigenvalue weighted by molar-refractivity contribution is 7.85. The molecule has 4 aromatic rings. The van der Waals surface area contributed by atoms with Crippen LogP contribution < -0.4 is 10.6 Å². The van der Waals surface area contributed by atoms with Crippen molar-refractivity contribution in [2.75, 3.05) is 10.6 Å². The summed E-state index contributed by atoms with van der Waals surface area (Å²) in [6, 6.07) is 24.0. The fraction of sp³-hybridized carbons (Fsp3) is 0.0714. The van der Waals surface area contributed by atoms with Crippen LogP contribution >= 0.6 is 0 Å².